The number of carbonyl (C=O) groups is 1. The third-order valence-corrected chi connectivity index (χ3v) is 4.49. The second kappa shape index (κ2) is 6.45. The van der Waals surface area contributed by atoms with Crippen molar-refractivity contribution in [2.24, 2.45) is 0 Å². The highest BCUT2D eigenvalue weighted by molar-refractivity contribution is 8.00. The summed E-state index contributed by atoms with van der Waals surface area (Å²) in [6.45, 7) is 0. The molecule has 4 nitrogen and oxygen atoms in total. The minimum Gasteiger partial charge on any atom is -0.352 e. The minimum absolute atomic E-state index is 0.0189. The minimum atomic E-state index is -0.331. The van der Waals surface area contributed by atoms with Crippen LogP contribution in [0.2, 0.25) is 5.15 Å². The van der Waals surface area contributed by atoms with Gasteiger partial charge in [-0.05, 0) is 30.5 Å². The zero-order chi connectivity index (χ0) is 14.7. The Hall–Kier alpha value is -1.59. The van der Waals surface area contributed by atoms with Crippen LogP contribution in [0, 0.1) is 0 Å². The Morgan fingerprint density at radius 2 is 1.95 bits per heavy atom. The van der Waals surface area contributed by atoms with Crippen LogP contribution in [-0.4, -0.2) is 22.1 Å². The number of nitrogens with zero attached hydrogens (tertiary/aromatic N) is 2. The summed E-state index contributed by atoms with van der Waals surface area (Å²) in [4.78, 5) is 12.5. The largest absolute Gasteiger partial charge is 0.352 e. The molecule has 1 aromatic heterocycles. The van der Waals surface area contributed by atoms with E-state index in [2.05, 4.69) is 15.5 Å². The van der Waals surface area contributed by atoms with Crippen molar-refractivity contribution in [1.29, 1.82) is 0 Å². The maximum absolute atomic E-state index is 12.5. The van der Waals surface area contributed by atoms with E-state index in [1.165, 1.54) is 11.8 Å². The van der Waals surface area contributed by atoms with E-state index in [1.54, 1.807) is 12.1 Å². The first-order valence-electron chi connectivity index (χ1n) is 6.73. The Kier molecular flexibility index (Phi) is 4.41. The Bertz CT molecular complexity index is 617. The van der Waals surface area contributed by atoms with E-state index in [-0.39, 0.29) is 11.2 Å². The van der Waals surface area contributed by atoms with Crippen molar-refractivity contribution in [2.45, 2.75) is 29.2 Å². The fourth-order valence-corrected chi connectivity index (χ4v) is 2.94. The summed E-state index contributed by atoms with van der Waals surface area (Å²) in [7, 11) is 0. The van der Waals surface area contributed by atoms with Gasteiger partial charge in [0.05, 0.1) is 0 Å². The highest BCUT2D eigenvalue weighted by atomic mass is 35.5. The average molecular weight is 320 g/mol. The zero-order valence-electron chi connectivity index (χ0n) is 11.2. The first-order chi connectivity index (χ1) is 10.2. The first-order valence-corrected chi connectivity index (χ1v) is 7.99. The first kappa shape index (κ1) is 14.4. The summed E-state index contributed by atoms with van der Waals surface area (Å²) >= 11 is 7.13. The van der Waals surface area contributed by atoms with Crippen LogP contribution in [0.25, 0.3) is 0 Å². The van der Waals surface area contributed by atoms with Crippen molar-refractivity contribution < 1.29 is 4.79 Å². The molecule has 2 aromatic rings. The van der Waals surface area contributed by atoms with E-state index in [1.807, 2.05) is 30.3 Å². The smallest absolute Gasteiger partial charge is 0.238 e. The molecule has 1 N–H and O–H groups in total. The highest BCUT2D eigenvalue weighted by Gasteiger charge is 2.29. The van der Waals surface area contributed by atoms with Gasteiger partial charge < -0.3 is 5.32 Å². The summed E-state index contributed by atoms with van der Waals surface area (Å²) in [5, 5.41) is 11.6. The van der Waals surface area contributed by atoms with E-state index in [9.17, 15) is 4.79 Å². The van der Waals surface area contributed by atoms with E-state index < -0.39 is 0 Å². The van der Waals surface area contributed by atoms with Gasteiger partial charge in [0.25, 0.3) is 0 Å². The van der Waals surface area contributed by atoms with Crippen LogP contribution >= 0.6 is 23.4 Å². The molecule has 0 saturated heterocycles. The lowest BCUT2D eigenvalue weighted by Gasteiger charge is -2.16. The van der Waals surface area contributed by atoms with Gasteiger partial charge in [0.1, 0.15) is 10.3 Å². The summed E-state index contributed by atoms with van der Waals surface area (Å²) in [6, 6.07) is 13.5. The second-order valence-corrected chi connectivity index (χ2v) is 6.40. The Balaban J connectivity index is 1.80. The lowest BCUT2D eigenvalue weighted by atomic mass is 10.1. The molecule has 1 fully saturated rings. The van der Waals surface area contributed by atoms with Crippen LogP contribution in [0.15, 0.2) is 47.5 Å². The summed E-state index contributed by atoms with van der Waals surface area (Å²) < 4.78 is 0. The van der Waals surface area contributed by atoms with E-state index in [0.717, 1.165) is 18.4 Å². The fourth-order valence-electron chi connectivity index (χ4n) is 1.89. The quantitative estimate of drug-likeness (QED) is 0.860. The monoisotopic (exact) mass is 319 g/mol. The fraction of sp³-hybridized carbons (Fsp3) is 0.267. The molecule has 1 amide bonds. The van der Waals surface area contributed by atoms with Gasteiger partial charge in [-0.1, -0.05) is 53.7 Å². The number of rotatable bonds is 5. The van der Waals surface area contributed by atoms with Crippen molar-refractivity contribution in [3.63, 3.8) is 0 Å². The molecule has 0 spiro atoms. The number of nitrogens with one attached hydrogen (secondary N) is 1. The number of thioether (sulfide) groups is 1. The Morgan fingerprint density at radius 3 is 2.57 bits per heavy atom. The van der Waals surface area contributed by atoms with E-state index in [0.29, 0.717) is 16.2 Å². The van der Waals surface area contributed by atoms with Gasteiger partial charge in [-0.2, -0.15) is 0 Å². The molecule has 1 unspecified atom stereocenters. The van der Waals surface area contributed by atoms with Crippen LogP contribution < -0.4 is 5.32 Å². The lowest BCUT2D eigenvalue weighted by molar-refractivity contribution is -0.120. The third kappa shape index (κ3) is 3.95. The van der Waals surface area contributed by atoms with Gasteiger partial charge in [-0.3, -0.25) is 4.79 Å². The molecule has 1 aliphatic carbocycles. The predicted molar refractivity (Wildman–Crippen MR) is 83.2 cm³/mol. The van der Waals surface area contributed by atoms with Gasteiger partial charge in [-0.25, -0.2) is 0 Å². The van der Waals surface area contributed by atoms with Gasteiger partial charge in [0, 0.05) is 6.04 Å². The van der Waals surface area contributed by atoms with Crippen molar-refractivity contribution in [3.8, 4) is 0 Å². The molecule has 1 atom stereocenters. The third-order valence-electron chi connectivity index (χ3n) is 3.11. The van der Waals surface area contributed by atoms with Crippen molar-refractivity contribution in [2.75, 3.05) is 0 Å². The molecular weight excluding hydrogens is 306 g/mol. The van der Waals surface area contributed by atoms with E-state index in [4.69, 9.17) is 11.6 Å². The SMILES string of the molecule is O=C(NC1CC1)C(Sc1ccc(Cl)nn1)c1ccccc1. The molecule has 1 heterocycles. The summed E-state index contributed by atoms with van der Waals surface area (Å²) in [5.74, 6) is 0.0189. The Morgan fingerprint density at radius 1 is 1.19 bits per heavy atom. The van der Waals surface area contributed by atoms with E-state index >= 15 is 0 Å². The number of amides is 1. The number of hydrogen-bond acceptors (Lipinski definition) is 4. The molecule has 0 radical (unpaired) electrons. The maximum atomic E-state index is 12.5. The molecule has 3 rings (SSSR count). The number of aromatic nitrogens is 2. The number of halogens is 1. The average Bonchev–Trinajstić information content (AvgIpc) is 3.31. The van der Waals surface area contributed by atoms with Gasteiger partial charge in [0.15, 0.2) is 5.15 Å². The van der Waals surface area contributed by atoms with Crippen molar-refractivity contribution >= 4 is 29.3 Å². The molecule has 108 valence electrons. The normalized spacial score (nSPS) is 15.5. The molecule has 6 heteroatoms. The molecule has 21 heavy (non-hydrogen) atoms. The van der Waals surface area contributed by atoms with Crippen molar-refractivity contribution in [1.82, 2.24) is 15.5 Å². The zero-order valence-corrected chi connectivity index (χ0v) is 12.8. The van der Waals surface area contributed by atoms with Crippen LogP contribution in [0.1, 0.15) is 23.7 Å². The number of benzene rings is 1. The topological polar surface area (TPSA) is 54.9 Å². The number of carbonyl (C=O) groups excluding carboxylic acids is 1. The molecule has 1 saturated carbocycles. The van der Waals surface area contributed by atoms with Crippen LogP contribution in [-0.2, 0) is 4.79 Å². The van der Waals surface area contributed by atoms with Gasteiger partial charge in [-0.15, -0.1) is 10.2 Å². The molecule has 1 aromatic carbocycles. The predicted octanol–water partition coefficient (Wildman–Crippen LogP) is 3.24. The van der Waals surface area contributed by atoms with Crippen LogP contribution in [0.5, 0.6) is 0 Å². The second-order valence-electron chi connectivity index (χ2n) is 4.89. The highest BCUT2D eigenvalue weighted by Crippen LogP contribution is 2.35. The van der Waals surface area contributed by atoms with Gasteiger partial charge in [0.2, 0.25) is 5.91 Å². The number of hydrogen-bond donors (Lipinski definition) is 1. The lowest BCUT2D eigenvalue weighted by Crippen LogP contribution is -2.29. The molecule has 0 aliphatic heterocycles. The molecule has 1 aliphatic rings. The van der Waals surface area contributed by atoms with Crippen LogP contribution in [0.3, 0.4) is 0 Å². The van der Waals surface area contributed by atoms with Gasteiger partial charge >= 0.3 is 0 Å². The Labute approximate surface area is 132 Å². The maximum Gasteiger partial charge on any atom is 0.238 e. The van der Waals surface area contributed by atoms with Crippen LogP contribution in [0.4, 0.5) is 0 Å². The standard InChI is InChI=1S/C15H14ClN3OS/c16-12-8-9-13(19-18-12)21-14(10-4-2-1-3-5-10)15(20)17-11-6-7-11/h1-5,8-9,11,14H,6-7H2,(H,17,20). The molecular formula is C15H14ClN3OS. The van der Waals surface area contributed by atoms with Crippen molar-refractivity contribution in [3.05, 3.63) is 53.2 Å². The summed E-state index contributed by atoms with van der Waals surface area (Å²) in [5.41, 5.74) is 0.956. The summed E-state index contributed by atoms with van der Waals surface area (Å²) in [6.07, 6.45) is 2.14. The molecule has 0 bridgehead atoms.